The lowest BCUT2D eigenvalue weighted by Gasteiger charge is -2.09. The molecule has 0 unspecified atom stereocenters. The minimum atomic E-state index is -0.220. The second-order valence-corrected chi connectivity index (χ2v) is 5.67. The highest BCUT2D eigenvalue weighted by molar-refractivity contribution is 5.59. The van der Waals surface area contributed by atoms with Crippen LogP contribution >= 0.6 is 0 Å². The van der Waals surface area contributed by atoms with Crippen molar-refractivity contribution in [2.24, 2.45) is 0 Å². The molecule has 0 atom stereocenters. The Balaban J connectivity index is 1.54. The van der Waals surface area contributed by atoms with Gasteiger partial charge in [-0.05, 0) is 55.3 Å². The number of nitrogens with zero attached hydrogens (tertiary/aromatic N) is 2. The van der Waals surface area contributed by atoms with E-state index in [1.165, 1.54) is 18.5 Å². The molecule has 2 N–H and O–H groups in total. The van der Waals surface area contributed by atoms with E-state index in [2.05, 4.69) is 20.6 Å². The molecule has 5 nitrogen and oxygen atoms in total. The molecule has 0 saturated heterocycles. The average molecular weight is 352 g/mol. The van der Waals surface area contributed by atoms with Gasteiger partial charge in [0.05, 0.1) is 6.61 Å². The second kappa shape index (κ2) is 8.80. The molecule has 0 bridgehead atoms. The third-order valence-electron chi connectivity index (χ3n) is 3.74. The van der Waals surface area contributed by atoms with Crippen LogP contribution in [0.15, 0.2) is 60.9 Å². The van der Waals surface area contributed by atoms with Crippen LogP contribution in [0.1, 0.15) is 12.5 Å². The Bertz CT molecular complexity index is 822. The van der Waals surface area contributed by atoms with Crippen LogP contribution in [0, 0.1) is 5.82 Å². The molecule has 0 radical (unpaired) electrons. The van der Waals surface area contributed by atoms with Gasteiger partial charge in [-0.25, -0.2) is 14.4 Å². The summed E-state index contributed by atoms with van der Waals surface area (Å²) in [6.07, 6.45) is 2.29. The van der Waals surface area contributed by atoms with E-state index >= 15 is 0 Å². The summed E-state index contributed by atoms with van der Waals surface area (Å²) in [6.45, 7) is 3.30. The molecule has 2 aromatic carbocycles. The summed E-state index contributed by atoms with van der Waals surface area (Å²) >= 11 is 0. The van der Waals surface area contributed by atoms with E-state index < -0.39 is 0 Å². The van der Waals surface area contributed by atoms with E-state index in [4.69, 9.17) is 4.74 Å². The molecule has 134 valence electrons. The van der Waals surface area contributed by atoms with Gasteiger partial charge >= 0.3 is 0 Å². The number of rotatable bonds is 8. The first-order valence-corrected chi connectivity index (χ1v) is 8.53. The van der Waals surface area contributed by atoms with Crippen LogP contribution < -0.4 is 15.4 Å². The molecule has 1 aromatic heterocycles. The number of halogens is 1. The van der Waals surface area contributed by atoms with Crippen molar-refractivity contribution >= 4 is 17.3 Å². The highest BCUT2D eigenvalue weighted by Crippen LogP contribution is 2.20. The van der Waals surface area contributed by atoms with Crippen LogP contribution in [-0.4, -0.2) is 23.1 Å². The normalized spacial score (nSPS) is 10.4. The molecule has 3 aromatic rings. The Morgan fingerprint density at radius 1 is 0.962 bits per heavy atom. The first-order chi connectivity index (χ1) is 12.7. The number of benzene rings is 2. The van der Waals surface area contributed by atoms with Gasteiger partial charge in [0.2, 0.25) is 0 Å². The van der Waals surface area contributed by atoms with Gasteiger partial charge in [0.25, 0.3) is 0 Å². The molecule has 0 aliphatic heterocycles. The quantitative estimate of drug-likeness (QED) is 0.629. The van der Waals surface area contributed by atoms with E-state index in [1.807, 2.05) is 37.3 Å². The maximum Gasteiger partial charge on any atom is 0.135 e. The van der Waals surface area contributed by atoms with Gasteiger partial charge in [-0.2, -0.15) is 0 Å². The van der Waals surface area contributed by atoms with E-state index in [1.54, 1.807) is 12.1 Å². The number of nitrogens with one attached hydrogen (secondary N) is 2. The fourth-order valence-corrected chi connectivity index (χ4v) is 2.46. The molecular weight excluding hydrogens is 331 g/mol. The molecule has 0 aliphatic rings. The fraction of sp³-hybridized carbons (Fsp3) is 0.200. The molecule has 1 heterocycles. The maximum atomic E-state index is 12.9. The summed E-state index contributed by atoms with van der Waals surface area (Å²) in [5.41, 5.74) is 1.99. The van der Waals surface area contributed by atoms with Gasteiger partial charge in [-0.15, -0.1) is 0 Å². The number of hydrogen-bond acceptors (Lipinski definition) is 5. The number of ether oxygens (including phenoxy) is 1. The van der Waals surface area contributed by atoms with Crippen molar-refractivity contribution in [3.05, 3.63) is 72.3 Å². The summed E-state index contributed by atoms with van der Waals surface area (Å²) in [4.78, 5) is 8.46. The van der Waals surface area contributed by atoms with Crippen LogP contribution in [0.3, 0.4) is 0 Å². The van der Waals surface area contributed by atoms with E-state index in [0.29, 0.717) is 19.0 Å². The predicted molar refractivity (Wildman–Crippen MR) is 102 cm³/mol. The zero-order chi connectivity index (χ0) is 18.2. The molecule has 0 aliphatic carbocycles. The molecule has 6 heteroatoms. The summed E-state index contributed by atoms with van der Waals surface area (Å²) in [5, 5.41) is 6.49. The van der Waals surface area contributed by atoms with Crippen LogP contribution in [-0.2, 0) is 6.42 Å². The van der Waals surface area contributed by atoms with E-state index in [-0.39, 0.29) is 5.82 Å². The number of aromatic nitrogens is 2. The summed E-state index contributed by atoms with van der Waals surface area (Å²) in [5.74, 6) is 2.05. The van der Waals surface area contributed by atoms with Gasteiger partial charge in [0.1, 0.15) is 29.5 Å². The first-order valence-electron chi connectivity index (χ1n) is 8.53. The van der Waals surface area contributed by atoms with Gasteiger partial charge in [0, 0.05) is 18.3 Å². The fourth-order valence-electron chi connectivity index (χ4n) is 2.46. The lowest BCUT2D eigenvalue weighted by atomic mass is 10.1. The minimum Gasteiger partial charge on any atom is -0.494 e. The third-order valence-corrected chi connectivity index (χ3v) is 3.74. The maximum absolute atomic E-state index is 12.9. The smallest absolute Gasteiger partial charge is 0.135 e. The minimum absolute atomic E-state index is 0.220. The van der Waals surface area contributed by atoms with E-state index in [0.717, 1.165) is 29.2 Å². The molecule has 0 saturated carbocycles. The number of hydrogen-bond donors (Lipinski definition) is 2. The van der Waals surface area contributed by atoms with E-state index in [9.17, 15) is 4.39 Å². The highest BCUT2D eigenvalue weighted by atomic mass is 19.1. The third kappa shape index (κ3) is 5.17. The predicted octanol–water partition coefficient (Wildman–Crippen LogP) is 4.41. The van der Waals surface area contributed by atoms with Crippen molar-refractivity contribution in [1.82, 2.24) is 9.97 Å². The zero-order valence-electron chi connectivity index (χ0n) is 14.6. The SMILES string of the molecule is CCOc1ccc(Nc2cc(NCCc3ccc(F)cc3)ncn2)cc1. The molecule has 0 fully saturated rings. The van der Waals surface area contributed by atoms with Gasteiger partial charge in [0.15, 0.2) is 0 Å². The molecule has 26 heavy (non-hydrogen) atoms. The second-order valence-electron chi connectivity index (χ2n) is 5.67. The Hall–Kier alpha value is -3.15. The number of anilines is 3. The van der Waals surface area contributed by atoms with Gasteiger partial charge < -0.3 is 15.4 Å². The monoisotopic (exact) mass is 352 g/mol. The molecule has 0 spiro atoms. The van der Waals surface area contributed by atoms with Crippen molar-refractivity contribution in [3.8, 4) is 5.75 Å². The topological polar surface area (TPSA) is 59.1 Å². The summed E-state index contributed by atoms with van der Waals surface area (Å²) in [7, 11) is 0. The van der Waals surface area contributed by atoms with Crippen molar-refractivity contribution in [1.29, 1.82) is 0 Å². The summed E-state index contributed by atoms with van der Waals surface area (Å²) in [6, 6.07) is 16.1. The Morgan fingerprint density at radius 2 is 1.69 bits per heavy atom. The van der Waals surface area contributed by atoms with Crippen molar-refractivity contribution in [2.45, 2.75) is 13.3 Å². The lowest BCUT2D eigenvalue weighted by Crippen LogP contribution is -2.07. The summed E-state index contributed by atoms with van der Waals surface area (Å²) < 4.78 is 18.3. The Kier molecular flexibility index (Phi) is 5.98. The largest absolute Gasteiger partial charge is 0.494 e. The molecular formula is C20H21FN4O. The Labute approximate surface area is 152 Å². The van der Waals surface area contributed by atoms with Crippen LogP contribution in [0.5, 0.6) is 5.75 Å². The standard InChI is InChI=1S/C20H21FN4O/c1-2-26-18-9-7-17(8-10-18)25-20-13-19(23-14-24-20)22-12-11-15-3-5-16(21)6-4-15/h3-10,13-14H,2,11-12H2,1H3,(H2,22,23,24,25). The van der Waals surface area contributed by atoms with Crippen molar-refractivity contribution in [3.63, 3.8) is 0 Å². The Morgan fingerprint density at radius 3 is 2.42 bits per heavy atom. The average Bonchev–Trinajstić information content (AvgIpc) is 2.66. The molecule has 3 rings (SSSR count). The van der Waals surface area contributed by atoms with Gasteiger partial charge in [-0.3, -0.25) is 0 Å². The van der Waals surface area contributed by atoms with Crippen molar-refractivity contribution in [2.75, 3.05) is 23.8 Å². The van der Waals surface area contributed by atoms with Gasteiger partial charge in [-0.1, -0.05) is 12.1 Å². The zero-order valence-corrected chi connectivity index (χ0v) is 14.6. The molecule has 0 amide bonds. The van der Waals surface area contributed by atoms with Crippen LogP contribution in [0.25, 0.3) is 0 Å². The first kappa shape index (κ1) is 17.7. The van der Waals surface area contributed by atoms with Crippen molar-refractivity contribution < 1.29 is 9.13 Å². The lowest BCUT2D eigenvalue weighted by molar-refractivity contribution is 0.340. The highest BCUT2D eigenvalue weighted by Gasteiger charge is 2.01. The van der Waals surface area contributed by atoms with Crippen LogP contribution in [0.4, 0.5) is 21.7 Å². The van der Waals surface area contributed by atoms with Crippen LogP contribution in [0.2, 0.25) is 0 Å².